The maximum absolute atomic E-state index is 12.2. The molecule has 0 fully saturated rings. The molecule has 110 valence electrons. The van der Waals surface area contributed by atoms with E-state index >= 15 is 0 Å². The van der Waals surface area contributed by atoms with Crippen LogP contribution in [0.25, 0.3) is 0 Å². The number of rotatable bonds is 5. The Morgan fingerprint density at radius 1 is 0.952 bits per heavy atom. The standard InChI is InChI=1S/C16H18N2O2S/c1-13(2)16(14-9-5-3-6-10-14)17-18-21(19,20)15-11-7-4-8-12-15/h3-13,18H,1-2H3/b17-16-. The Hall–Kier alpha value is -2.14. The lowest BCUT2D eigenvalue weighted by Gasteiger charge is -2.11. The molecule has 0 aromatic heterocycles. The van der Waals surface area contributed by atoms with Gasteiger partial charge in [-0.15, -0.1) is 0 Å². The van der Waals surface area contributed by atoms with Crippen LogP contribution in [-0.4, -0.2) is 14.1 Å². The van der Waals surface area contributed by atoms with E-state index in [2.05, 4.69) is 9.93 Å². The number of benzene rings is 2. The summed E-state index contributed by atoms with van der Waals surface area (Å²) in [5.41, 5.74) is 1.61. The molecule has 4 nitrogen and oxygen atoms in total. The van der Waals surface area contributed by atoms with Crippen molar-refractivity contribution in [3.63, 3.8) is 0 Å². The van der Waals surface area contributed by atoms with Gasteiger partial charge >= 0.3 is 0 Å². The molecule has 0 saturated heterocycles. The van der Waals surface area contributed by atoms with Gasteiger partial charge in [-0.1, -0.05) is 62.4 Å². The fourth-order valence-electron chi connectivity index (χ4n) is 1.90. The smallest absolute Gasteiger partial charge is 0.200 e. The second-order valence-electron chi connectivity index (χ2n) is 4.93. The monoisotopic (exact) mass is 302 g/mol. The van der Waals surface area contributed by atoms with Gasteiger partial charge in [0.1, 0.15) is 0 Å². The summed E-state index contributed by atoms with van der Waals surface area (Å²) >= 11 is 0. The highest BCUT2D eigenvalue weighted by Gasteiger charge is 2.14. The lowest BCUT2D eigenvalue weighted by atomic mass is 10.0. The van der Waals surface area contributed by atoms with Gasteiger partial charge in [-0.25, -0.2) is 0 Å². The zero-order valence-corrected chi connectivity index (χ0v) is 12.8. The third kappa shape index (κ3) is 3.92. The molecule has 0 aliphatic heterocycles. The molecule has 0 aliphatic carbocycles. The molecule has 2 aromatic carbocycles. The van der Waals surface area contributed by atoms with Crippen molar-refractivity contribution in [2.45, 2.75) is 18.7 Å². The van der Waals surface area contributed by atoms with E-state index in [1.54, 1.807) is 18.2 Å². The van der Waals surface area contributed by atoms with Crippen LogP contribution < -0.4 is 4.83 Å². The first-order valence-corrected chi connectivity index (χ1v) is 8.19. The maximum Gasteiger partial charge on any atom is 0.276 e. The van der Waals surface area contributed by atoms with E-state index in [1.165, 1.54) is 12.1 Å². The first-order chi connectivity index (χ1) is 10.0. The van der Waals surface area contributed by atoms with E-state index < -0.39 is 10.0 Å². The van der Waals surface area contributed by atoms with E-state index in [0.717, 1.165) is 5.56 Å². The molecule has 0 radical (unpaired) electrons. The summed E-state index contributed by atoms with van der Waals surface area (Å²) in [5.74, 6) is 0.103. The average Bonchev–Trinajstić information content (AvgIpc) is 2.49. The molecule has 0 spiro atoms. The maximum atomic E-state index is 12.2. The number of hydrogen-bond acceptors (Lipinski definition) is 3. The van der Waals surface area contributed by atoms with Gasteiger partial charge in [-0.2, -0.15) is 18.4 Å². The Kier molecular flexibility index (Phi) is 4.75. The summed E-state index contributed by atoms with van der Waals surface area (Å²) in [7, 11) is -3.63. The van der Waals surface area contributed by atoms with Crippen molar-refractivity contribution >= 4 is 15.7 Å². The minimum Gasteiger partial charge on any atom is -0.200 e. The van der Waals surface area contributed by atoms with Crippen LogP contribution in [-0.2, 0) is 10.0 Å². The first kappa shape index (κ1) is 15.3. The summed E-state index contributed by atoms with van der Waals surface area (Å²) < 4.78 is 24.3. The molecular formula is C16H18N2O2S. The Balaban J connectivity index is 2.29. The lowest BCUT2D eigenvalue weighted by molar-refractivity contribution is 0.584. The molecule has 0 saturated carbocycles. The predicted octanol–water partition coefficient (Wildman–Crippen LogP) is 3.03. The van der Waals surface area contributed by atoms with Crippen LogP contribution in [0.5, 0.6) is 0 Å². The van der Waals surface area contributed by atoms with Crippen molar-refractivity contribution in [1.29, 1.82) is 0 Å². The quantitative estimate of drug-likeness (QED) is 0.682. The van der Waals surface area contributed by atoms with Crippen LogP contribution in [0.3, 0.4) is 0 Å². The Bertz CT molecular complexity index is 708. The van der Waals surface area contributed by atoms with E-state index in [4.69, 9.17) is 0 Å². The molecule has 1 N–H and O–H groups in total. The van der Waals surface area contributed by atoms with Gasteiger partial charge in [0.15, 0.2) is 0 Å². The van der Waals surface area contributed by atoms with Crippen LogP contribution in [0, 0.1) is 5.92 Å². The molecule has 21 heavy (non-hydrogen) atoms. The molecule has 0 aliphatic rings. The molecule has 0 atom stereocenters. The fraction of sp³-hybridized carbons (Fsp3) is 0.188. The Labute approximate surface area is 125 Å². The molecule has 5 heteroatoms. The van der Waals surface area contributed by atoms with Crippen molar-refractivity contribution in [2.24, 2.45) is 11.0 Å². The van der Waals surface area contributed by atoms with Gasteiger partial charge in [-0.3, -0.25) is 0 Å². The highest BCUT2D eigenvalue weighted by molar-refractivity contribution is 7.89. The third-order valence-corrected chi connectivity index (χ3v) is 4.18. The van der Waals surface area contributed by atoms with Crippen molar-refractivity contribution in [3.8, 4) is 0 Å². The third-order valence-electron chi connectivity index (χ3n) is 2.96. The predicted molar refractivity (Wildman–Crippen MR) is 84.6 cm³/mol. The van der Waals surface area contributed by atoms with Crippen molar-refractivity contribution in [1.82, 2.24) is 4.83 Å². The second-order valence-corrected chi connectivity index (χ2v) is 6.59. The average molecular weight is 302 g/mol. The summed E-state index contributed by atoms with van der Waals surface area (Å²) in [6.07, 6.45) is 0. The largest absolute Gasteiger partial charge is 0.276 e. The van der Waals surface area contributed by atoms with Gasteiger partial charge in [0.2, 0.25) is 0 Å². The zero-order valence-electron chi connectivity index (χ0n) is 12.0. The molecule has 2 aromatic rings. The fourth-order valence-corrected chi connectivity index (χ4v) is 2.74. The van der Waals surface area contributed by atoms with Crippen LogP contribution in [0.1, 0.15) is 19.4 Å². The van der Waals surface area contributed by atoms with Gasteiger partial charge in [0.25, 0.3) is 10.0 Å². The summed E-state index contributed by atoms with van der Waals surface area (Å²) in [6, 6.07) is 17.7. The molecule has 0 unspecified atom stereocenters. The normalized spacial score (nSPS) is 12.4. The SMILES string of the molecule is CC(C)/C(=N/NS(=O)(=O)c1ccccc1)c1ccccc1. The number of sulfonamides is 1. The van der Waals surface area contributed by atoms with Gasteiger partial charge < -0.3 is 0 Å². The summed E-state index contributed by atoms with van der Waals surface area (Å²) in [6.45, 7) is 3.95. The lowest BCUT2D eigenvalue weighted by Crippen LogP contribution is -2.22. The Morgan fingerprint density at radius 3 is 2.00 bits per heavy atom. The van der Waals surface area contributed by atoms with E-state index in [0.29, 0.717) is 5.71 Å². The van der Waals surface area contributed by atoms with Crippen LogP contribution in [0.4, 0.5) is 0 Å². The van der Waals surface area contributed by atoms with E-state index in [1.807, 2.05) is 44.2 Å². The minimum atomic E-state index is -3.63. The molecule has 0 heterocycles. The zero-order chi connectivity index (χ0) is 15.3. The molecule has 2 rings (SSSR count). The van der Waals surface area contributed by atoms with E-state index in [-0.39, 0.29) is 10.8 Å². The highest BCUT2D eigenvalue weighted by Crippen LogP contribution is 2.11. The molecular weight excluding hydrogens is 284 g/mol. The second kappa shape index (κ2) is 6.54. The van der Waals surface area contributed by atoms with Gasteiger partial charge in [0, 0.05) is 0 Å². The van der Waals surface area contributed by atoms with Crippen LogP contribution >= 0.6 is 0 Å². The topological polar surface area (TPSA) is 58.5 Å². The highest BCUT2D eigenvalue weighted by atomic mass is 32.2. The van der Waals surface area contributed by atoms with Crippen LogP contribution in [0.2, 0.25) is 0 Å². The number of nitrogens with one attached hydrogen (secondary N) is 1. The minimum absolute atomic E-state index is 0.103. The summed E-state index contributed by atoms with van der Waals surface area (Å²) in [5, 5.41) is 4.12. The number of hydrazone groups is 1. The van der Waals surface area contributed by atoms with Gasteiger partial charge in [-0.05, 0) is 23.6 Å². The first-order valence-electron chi connectivity index (χ1n) is 6.70. The van der Waals surface area contributed by atoms with Crippen LogP contribution in [0.15, 0.2) is 70.7 Å². The van der Waals surface area contributed by atoms with E-state index in [9.17, 15) is 8.42 Å². The number of hydrogen-bond donors (Lipinski definition) is 1. The van der Waals surface area contributed by atoms with Crippen molar-refractivity contribution < 1.29 is 8.42 Å². The van der Waals surface area contributed by atoms with Crippen molar-refractivity contribution in [2.75, 3.05) is 0 Å². The van der Waals surface area contributed by atoms with Crippen molar-refractivity contribution in [3.05, 3.63) is 66.2 Å². The Morgan fingerprint density at radius 2 is 1.48 bits per heavy atom. The summed E-state index contributed by atoms with van der Waals surface area (Å²) in [4.78, 5) is 2.51. The molecule has 0 bridgehead atoms. The van der Waals surface area contributed by atoms with Gasteiger partial charge in [0.05, 0.1) is 10.6 Å². The molecule has 0 amide bonds. The number of nitrogens with zero attached hydrogens (tertiary/aromatic N) is 1.